The van der Waals surface area contributed by atoms with E-state index in [0.717, 1.165) is 65.4 Å². The lowest BCUT2D eigenvalue weighted by Gasteiger charge is -2.28. The molecule has 1 aliphatic heterocycles. The lowest BCUT2D eigenvalue weighted by atomic mass is 10.2. The van der Waals surface area contributed by atoms with Gasteiger partial charge in [-0.2, -0.15) is 5.10 Å². The summed E-state index contributed by atoms with van der Waals surface area (Å²) in [7, 11) is 0. The predicted octanol–water partition coefficient (Wildman–Crippen LogP) is 3.19. The van der Waals surface area contributed by atoms with Crippen molar-refractivity contribution in [2.45, 2.75) is 6.92 Å². The normalized spacial score (nSPS) is 15.2. The first-order valence-electron chi connectivity index (χ1n) is 8.66. The van der Waals surface area contributed by atoms with Crippen molar-refractivity contribution in [1.82, 2.24) is 19.7 Å². The van der Waals surface area contributed by atoms with Crippen molar-refractivity contribution in [3.05, 3.63) is 48.0 Å². The molecule has 132 valence electrons. The number of fused-ring (bicyclic) bond motifs is 3. The maximum Gasteiger partial charge on any atom is 0.129 e. The number of hydrogen-bond acceptors (Lipinski definition) is 4. The van der Waals surface area contributed by atoms with E-state index in [4.69, 9.17) is 9.72 Å². The summed E-state index contributed by atoms with van der Waals surface area (Å²) >= 11 is 0. The smallest absolute Gasteiger partial charge is 0.129 e. The van der Waals surface area contributed by atoms with Gasteiger partial charge in [-0.15, -0.1) is 0 Å². The van der Waals surface area contributed by atoms with Gasteiger partial charge in [0.25, 0.3) is 0 Å². The van der Waals surface area contributed by atoms with E-state index in [2.05, 4.69) is 25.7 Å². The highest BCUT2D eigenvalue weighted by Gasteiger charge is 2.18. The fourth-order valence-electron chi connectivity index (χ4n) is 3.69. The van der Waals surface area contributed by atoms with Crippen LogP contribution in [0.3, 0.4) is 0 Å². The van der Waals surface area contributed by atoms with Gasteiger partial charge in [0.15, 0.2) is 0 Å². The molecule has 7 heteroatoms. The first-order valence-corrected chi connectivity index (χ1v) is 8.66. The van der Waals surface area contributed by atoms with Crippen LogP contribution in [0.2, 0.25) is 0 Å². The molecule has 0 unspecified atom stereocenters. The van der Waals surface area contributed by atoms with Crippen molar-refractivity contribution in [1.29, 1.82) is 0 Å². The summed E-state index contributed by atoms with van der Waals surface area (Å²) < 4.78 is 21.2. The van der Waals surface area contributed by atoms with Crippen molar-refractivity contribution in [3.63, 3.8) is 0 Å². The number of ether oxygens (including phenoxy) is 1. The molecule has 0 bridgehead atoms. The van der Waals surface area contributed by atoms with Crippen molar-refractivity contribution >= 4 is 27.8 Å². The number of nitrogens with one attached hydrogen (secondary N) is 1. The molecular formula is C19H18FN5O. The number of H-pyrrole nitrogens is 1. The number of pyridine rings is 1. The van der Waals surface area contributed by atoms with Crippen LogP contribution in [-0.2, 0) is 4.74 Å². The maximum atomic E-state index is 13.7. The van der Waals surface area contributed by atoms with Crippen LogP contribution >= 0.6 is 0 Å². The van der Waals surface area contributed by atoms with Crippen molar-refractivity contribution in [2.75, 3.05) is 31.2 Å². The third-order valence-electron chi connectivity index (χ3n) is 4.95. The van der Waals surface area contributed by atoms with Gasteiger partial charge < -0.3 is 14.2 Å². The van der Waals surface area contributed by atoms with E-state index in [1.54, 1.807) is 12.3 Å². The molecule has 4 aromatic rings. The minimum atomic E-state index is -0.260. The largest absolute Gasteiger partial charge is 0.378 e. The number of aryl methyl sites for hydroxylation is 1. The summed E-state index contributed by atoms with van der Waals surface area (Å²) in [5, 5.41) is 7.93. The van der Waals surface area contributed by atoms with Gasteiger partial charge in [-0.25, -0.2) is 9.37 Å². The fraction of sp³-hybridized carbons (Fsp3) is 0.263. The first kappa shape index (κ1) is 15.3. The number of aromatic nitrogens is 4. The van der Waals surface area contributed by atoms with Crippen molar-refractivity contribution < 1.29 is 9.13 Å². The summed E-state index contributed by atoms with van der Waals surface area (Å²) in [6.07, 6.45) is 1.77. The molecule has 1 fully saturated rings. The molecule has 1 aliphatic rings. The number of hydrogen-bond donors (Lipinski definition) is 1. The highest BCUT2D eigenvalue weighted by Crippen LogP contribution is 2.32. The van der Waals surface area contributed by atoms with Gasteiger partial charge in [0.1, 0.15) is 11.6 Å². The second-order valence-corrected chi connectivity index (χ2v) is 6.50. The number of halogens is 1. The van der Waals surface area contributed by atoms with Crippen molar-refractivity contribution in [2.24, 2.45) is 0 Å². The van der Waals surface area contributed by atoms with Crippen LogP contribution in [0.4, 0.5) is 10.2 Å². The molecule has 1 saturated heterocycles. The molecule has 26 heavy (non-hydrogen) atoms. The Hall–Kier alpha value is -2.93. The molecule has 4 heterocycles. The topological polar surface area (TPSA) is 59.0 Å². The summed E-state index contributed by atoms with van der Waals surface area (Å²) in [4.78, 5) is 7.05. The highest BCUT2D eigenvalue weighted by atomic mass is 19.1. The lowest BCUT2D eigenvalue weighted by Crippen LogP contribution is -2.36. The lowest BCUT2D eigenvalue weighted by molar-refractivity contribution is 0.122. The molecule has 0 saturated carbocycles. The SMILES string of the molecule is Cc1nc(N2CCOCC2)ccc1-n1c2ccc(F)cc2c2[nH]ncc21. The molecule has 3 aromatic heterocycles. The fourth-order valence-corrected chi connectivity index (χ4v) is 3.69. The summed E-state index contributed by atoms with van der Waals surface area (Å²) in [5.41, 5.74) is 4.55. The van der Waals surface area contributed by atoms with Crippen LogP contribution in [0.5, 0.6) is 0 Å². The average molecular weight is 351 g/mol. The molecule has 1 N–H and O–H groups in total. The predicted molar refractivity (Wildman–Crippen MR) is 98.4 cm³/mol. The Bertz CT molecular complexity index is 1110. The molecular weight excluding hydrogens is 333 g/mol. The number of anilines is 1. The standard InChI is InChI=1S/C19H18FN5O/c1-12-15(4-5-18(22-12)24-6-8-26-9-7-24)25-16-3-2-13(20)10-14(16)19-17(25)11-21-23-19/h2-5,10-11H,6-9H2,1H3,(H,21,23). The van der Waals surface area contributed by atoms with Gasteiger partial charge in [0.2, 0.25) is 0 Å². The molecule has 0 spiro atoms. The molecule has 5 rings (SSSR count). The minimum absolute atomic E-state index is 0.260. The van der Waals surface area contributed by atoms with Gasteiger partial charge in [-0.05, 0) is 37.3 Å². The van der Waals surface area contributed by atoms with Crippen LogP contribution in [0.1, 0.15) is 5.69 Å². The van der Waals surface area contributed by atoms with E-state index in [1.165, 1.54) is 12.1 Å². The Morgan fingerprint density at radius 2 is 1.96 bits per heavy atom. The summed E-state index contributed by atoms with van der Waals surface area (Å²) in [5.74, 6) is 0.698. The van der Waals surface area contributed by atoms with Crippen LogP contribution in [0.15, 0.2) is 36.5 Å². The van der Waals surface area contributed by atoms with Crippen LogP contribution in [-0.4, -0.2) is 46.1 Å². The van der Waals surface area contributed by atoms with E-state index < -0.39 is 0 Å². The number of benzene rings is 1. The Kier molecular flexibility index (Phi) is 3.43. The van der Waals surface area contributed by atoms with E-state index >= 15 is 0 Å². The van der Waals surface area contributed by atoms with Crippen molar-refractivity contribution in [3.8, 4) is 5.69 Å². The van der Waals surface area contributed by atoms with E-state index in [9.17, 15) is 4.39 Å². The van der Waals surface area contributed by atoms with Crippen LogP contribution < -0.4 is 4.90 Å². The van der Waals surface area contributed by atoms with Crippen LogP contribution in [0.25, 0.3) is 27.6 Å². The molecule has 0 atom stereocenters. The van der Waals surface area contributed by atoms with E-state index in [0.29, 0.717) is 0 Å². The number of nitrogens with zero attached hydrogens (tertiary/aromatic N) is 4. The molecule has 0 amide bonds. The Morgan fingerprint density at radius 1 is 1.12 bits per heavy atom. The zero-order valence-corrected chi connectivity index (χ0v) is 14.4. The van der Waals surface area contributed by atoms with Gasteiger partial charge in [-0.3, -0.25) is 5.10 Å². The third-order valence-corrected chi connectivity index (χ3v) is 4.95. The van der Waals surface area contributed by atoms with E-state index in [-0.39, 0.29) is 5.82 Å². The van der Waals surface area contributed by atoms with Crippen LogP contribution in [0, 0.1) is 12.7 Å². The highest BCUT2D eigenvalue weighted by molar-refractivity contribution is 6.06. The third kappa shape index (κ3) is 2.28. The second kappa shape index (κ2) is 5.81. The molecule has 0 radical (unpaired) electrons. The minimum Gasteiger partial charge on any atom is -0.378 e. The van der Waals surface area contributed by atoms with Gasteiger partial charge in [0, 0.05) is 18.5 Å². The number of aromatic amines is 1. The number of rotatable bonds is 2. The number of morpholine rings is 1. The van der Waals surface area contributed by atoms with Gasteiger partial charge in [0.05, 0.1) is 47.3 Å². The Labute approximate surface area is 149 Å². The maximum absolute atomic E-state index is 13.7. The first-order chi connectivity index (χ1) is 12.7. The quantitative estimate of drug-likeness (QED) is 0.603. The molecule has 6 nitrogen and oxygen atoms in total. The Balaban J connectivity index is 1.68. The zero-order valence-electron chi connectivity index (χ0n) is 14.4. The molecule has 0 aliphatic carbocycles. The monoisotopic (exact) mass is 351 g/mol. The summed E-state index contributed by atoms with van der Waals surface area (Å²) in [6.45, 7) is 5.16. The Morgan fingerprint density at radius 3 is 2.77 bits per heavy atom. The zero-order chi connectivity index (χ0) is 17.7. The second-order valence-electron chi connectivity index (χ2n) is 6.50. The summed E-state index contributed by atoms with van der Waals surface area (Å²) in [6, 6.07) is 8.93. The van der Waals surface area contributed by atoms with E-state index in [1.807, 2.05) is 13.0 Å². The molecule has 1 aromatic carbocycles. The average Bonchev–Trinajstić information content (AvgIpc) is 3.24. The van der Waals surface area contributed by atoms with Gasteiger partial charge in [-0.1, -0.05) is 0 Å². The van der Waals surface area contributed by atoms with Gasteiger partial charge >= 0.3 is 0 Å².